The summed E-state index contributed by atoms with van der Waals surface area (Å²) in [7, 11) is 1.34. The van der Waals surface area contributed by atoms with E-state index in [1.54, 1.807) is 24.5 Å². The van der Waals surface area contributed by atoms with Crippen molar-refractivity contribution in [3.05, 3.63) is 93.5 Å². The Hall–Kier alpha value is -3.27. The van der Waals surface area contributed by atoms with E-state index in [4.69, 9.17) is 16.3 Å². The molecule has 6 nitrogen and oxygen atoms in total. The highest BCUT2D eigenvalue weighted by Crippen LogP contribution is 2.22. The molecule has 2 aromatic heterocycles. The zero-order valence-electron chi connectivity index (χ0n) is 18.4. The maximum Gasteiger partial charge on any atom is 0.338 e. The summed E-state index contributed by atoms with van der Waals surface area (Å²) in [6.07, 6.45) is 4.16. The second-order valence-corrected chi connectivity index (χ2v) is 8.11. The van der Waals surface area contributed by atoms with Crippen molar-refractivity contribution in [1.82, 2.24) is 14.9 Å². The molecular weight excluding hydrogens is 424 g/mol. The van der Waals surface area contributed by atoms with Crippen molar-refractivity contribution >= 4 is 17.6 Å². The lowest BCUT2D eigenvalue weighted by Gasteiger charge is -2.30. The molecule has 0 spiro atoms. The van der Waals surface area contributed by atoms with Crippen LogP contribution in [0.25, 0.3) is 0 Å². The van der Waals surface area contributed by atoms with E-state index in [0.29, 0.717) is 29.2 Å². The molecule has 32 heavy (non-hydrogen) atoms. The van der Waals surface area contributed by atoms with Crippen molar-refractivity contribution in [3.8, 4) is 6.07 Å². The maximum atomic E-state index is 12.4. The van der Waals surface area contributed by atoms with Gasteiger partial charge in [0.2, 0.25) is 0 Å². The minimum atomic E-state index is -0.463. The van der Waals surface area contributed by atoms with Gasteiger partial charge in [-0.05, 0) is 55.3 Å². The lowest BCUT2D eigenvalue weighted by Crippen LogP contribution is -2.35. The average molecular weight is 449 g/mol. The van der Waals surface area contributed by atoms with Crippen LogP contribution in [0.4, 0.5) is 0 Å². The molecule has 0 bridgehead atoms. The van der Waals surface area contributed by atoms with Gasteiger partial charge in [-0.3, -0.25) is 14.9 Å². The lowest BCUT2D eigenvalue weighted by molar-refractivity contribution is 0.0597. The SMILES string of the molecule is COC(=O)c1cc(C#N)ccc1CN(Cc1ncc(Cl)cc1C)C(C)Cc1ccccn1. The molecule has 1 aromatic carbocycles. The van der Waals surface area contributed by atoms with E-state index in [9.17, 15) is 10.1 Å². The number of nitrogens with zero attached hydrogens (tertiary/aromatic N) is 4. The Balaban J connectivity index is 1.95. The molecule has 0 aliphatic heterocycles. The topological polar surface area (TPSA) is 79.1 Å². The number of pyridine rings is 2. The highest BCUT2D eigenvalue weighted by molar-refractivity contribution is 6.30. The summed E-state index contributed by atoms with van der Waals surface area (Å²) in [5.41, 5.74) is 4.49. The van der Waals surface area contributed by atoms with Crippen LogP contribution in [0.5, 0.6) is 0 Å². The van der Waals surface area contributed by atoms with Crippen molar-refractivity contribution < 1.29 is 9.53 Å². The predicted octanol–water partition coefficient (Wildman–Crippen LogP) is 4.73. The number of hydrogen-bond donors (Lipinski definition) is 0. The quantitative estimate of drug-likeness (QED) is 0.463. The highest BCUT2D eigenvalue weighted by Gasteiger charge is 2.21. The zero-order valence-corrected chi connectivity index (χ0v) is 19.1. The minimum Gasteiger partial charge on any atom is -0.465 e. The Kier molecular flexibility index (Phi) is 7.93. The van der Waals surface area contributed by atoms with Crippen LogP contribution in [-0.4, -0.2) is 34.0 Å². The second-order valence-electron chi connectivity index (χ2n) is 7.67. The number of ether oxygens (including phenoxy) is 1. The van der Waals surface area contributed by atoms with Crippen molar-refractivity contribution in [3.63, 3.8) is 0 Å². The largest absolute Gasteiger partial charge is 0.465 e. The van der Waals surface area contributed by atoms with Gasteiger partial charge in [-0.15, -0.1) is 0 Å². The number of carbonyl (C=O) groups is 1. The van der Waals surface area contributed by atoms with Gasteiger partial charge in [0.25, 0.3) is 0 Å². The van der Waals surface area contributed by atoms with Crippen LogP contribution in [0.15, 0.2) is 54.9 Å². The van der Waals surface area contributed by atoms with Gasteiger partial charge in [0, 0.05) is 43.6 Å². The van der Waals surface area contributed by atoms with Crippen molar-refractivity contribution in [2.75, 3.05) is 7.11 Å². The normalized spacial score (nSPS) is 11.8. The summed E-state index contributed by atoms with van der Waals surface area (Å²) in [5.74, 6) is -0.463. The summed E-state index contributed by atoms with van der Waals surface area (Å²) in [4.78, 5) is 23.6. The van der Waals surface area contributed by atoms with Crippen molar-refractivity contribution in [2.45, 2.75) is 39.4 Å². The molecule has 3 rings (SSSR count). The molecule has 0 saturated heterocycles. The Morgan fingerprint density at radius 1 is 1.22 bits per heavy atom. The summed E-state index contributed by atoms with van der Waals surface area (Å²) < 4.78 is 4.96. The number of rotatable bonds is 8. The number of methoxy groups -OCH3 is 1. The molecule has 2 heterocycles. The first kappa shape index (κ1) is 23.4. The first-order valence-electron chi connectivity index (χ1n) is 10.3. The number of carbonyl (C=O) groups excluding carboxylic acids is 1. The number of hydrogen-bond acceptors (Lipinski definition) is 6. The molecule has 0 fully saturated rings. The number of aromatic nitrogens is 2. The number of halogens is 1. The fraction of sp³-hybridized carbons (Fsp3) is 0.280. The number of benzene rings is 1. The monoisotopic (exact) mass is 448 g/mol. The van der Waals surface area contributed by atoms with E-state index >= 15 is 0 Å². The molecule has 0 N–H and O–H groups in total. The fourth-order valence-corrected chi connectivity index (χ4v) is 3.76. The van der Waals surface area contributed by atoms with Crippen LogP contribution in [-0.2, 0) is 24.2 Å². The minimum absolute atomic E-state index is 0.0999. The van der Waals surface area contributed by atoms with Crippen LogP contribution in [0.2, 0.25) is 5.02 Å². The van der Waals surface area contributed by atoms with Crippen molar-refractivity contribution in [2.24, 2.45) is 0 Å². The van der Waals surface area contributed by atoms with Crippen LogP contribution in [0, 0.1) is 18.3 Å². The molecule has 0 radical (unpaired) electrons. The van der Waals surface area contributed by atoms with Gasteiger partial charge >= 0.3 is 5.97 Å². The molecule has 0 amide bonds. The highest BCUT2D eigenvalue weighted by atomic mass is 35.5. The molecule has 0 saturated carbocycles. The van der Waals surface area contributed by atoms with Gasteiger partial charge in [-0.1, -0.05) is 23.7 Å². The molecule has 0 aliphatic rings. The third-order valence-corrected chi connectivity index (χ3v) is 5.58. The van der Waals surface area contributed by atoms with Gasteiger partial charge in [0.15, 0.2) is 0 Å². The van der Waals surface area contributed by atoms with E-state index < -0.39 is 5.97 Å². The number of esters is 1. The maximum absolute atomic E-state index is 12.4. The Morgan fingerprint density at radius 2 is 2.03 bits per heavy atom. The zero-order chi connectivity index (χ0) is 23.1. The Labute approximate surface area is 193 Å². The summed E-state index contributed by atoms with van der Waals surface area (Å²) >= 11 is 6.09. The Morgan fingerprint density at radius 3 is 2.69 bits per heavy atom. The lowest BCUT2D eigenvalue weighted by atomic mass is 10.0. The molecular formula is C25H25ClN4O2. The van der Waals surface area contributed by atoms with Crippen molar-refractivity contribution in [1.29, 1.82) is 5.26 Å². The van der Waals surface area contributed by atoms with Crippen LogP contribution < -0.4 is 0 Å². The Bertz CT molecular complexity index is 1130. The molecule has 7 heteroatoms. The van der Waals surface area contributed by atoms with E-state index in [1.165, 1.54) is 7.11 Å². The number of aryl methyl sites for hydroxylation is 1. The van der Waals surface area contributed by atoms with E-state index in [0.717, 1.165) is 28.9 Å². The molecule has 1 atom stereocenters. The van der Waals surface area contributed by atoms with Gasteiger partial charge in [-0.2, -0.15) is 5.26 Å². The van der Waals surface area contributed by atoms with Gasteiger partial charge in [0.05, 0.1) is 35.0 Å². The summed E-state index contributed by atoms with van der Waals surface area (Å²) in [5, 5.41) is 9.85. The fourth-order valence-electron chi connectivity index (χ4n) is 3.55. The van der Waals surface area contributed by atoms with Crippen LogP contribution in [0.1, 0.15) is 45.4 Å². The van der Waals surface area contributed by atoms with Crippen LogP contribution in [0.3, 0.4) is 0 Å². The summed E-state index contributed by atoms with van der Waals surface area (Å²) in [6, 6.07) is 15.1. The van der Waals surface area contributed by atoms with E-state index in [-0.39, 0.29) is 6.04 Å². The molecule has 0 aliphatic carbocycles. The summed E-state index contributed by atoms with van der Waals surface area (Å²) in [6.45, 7) is 5.16. The predicted molar refractivity (Wildman–Crippen MR) is 123 cm³/mol. The van der Waals surface area contributed by atoms with E-state index in [2.05, 4.69) is 27.9 Å². The molecule has 3 aromatic rings. The first-order chi connectivity index (χ1) is 15.4. The third-order valence-electron chi connectivity index (χ3n) is 5.38. The third kappa shape index (κ3) is 5.91. The number of nitriles is 1. The molecule has 1 unspecified atom stereocenters. The van der Waals surface area contributed by atoms with E-state index in [1.807, 2.05) is 37.3 Å². The van der Waals surface area contributed by atoms with Gasteiger partial charge in [0.1, 0.15) is 0 Å². The second kappa shape index (κ2) is 10.9. The van der Waals surface area contributed by atoms with Gasteiger partial charge < -0.3 is 4.74 Å². The van der Waals surface area contributed by atoms with Gasteiger partial charge in [-0.25, -0.2) is 4.79 Å². The first-order valence-corrected chi connectivity index (χ1v) is 10.7. The van der Waals surface area contributed by atoms with Crippen LogP contribution >= 0.6 is 11.6 Å². The smallest absolute Gasteiger partial charge is 0.338 e. The standard InChI is InChI=1S/C25H25ClN4O2/c1-17-10-21(26)14-29-24(17)16-30(18(2)11-22-6-4-5-9-28-22)15-20-8-7-19(13-27)12-23(20)25(31)32-3/h4-10,12,14,18H,11,15-16H2,1-3H3. The molecule has 164 valence electrons. The average Bonchev–Trinajstić information content (AvgIpc) is 2.80.